The number of esters is 1. The van der Waals surface area contributed by atoms with Crippen LogP contribution in [-0.2, 0) is 9.53 Å². The quantitative estimate of drug-likeness (QED) is 0.869. The van der Waals surface area contributed by atoms with E-state index in [9.17, 15) is 13.6 Å². The van der Waals surface area contributed by atoms with Crippen molar-refractivity contribution in [3.63, 3.8) is 0 Å². The van der Waals surface area contributed by atoms with Crippen molar-refractivity contribution in [3.05, 3.63) is 64.7 Å². The molecule has 0 aromatic heterocycles. The predicted octanol–water partition coefficient (Wildman–Crippen LogP) is 3.94. The number of anilines is 1. The minimum absolute atomic E-state index is 0.128. The maximum absolute atomic E-state index is 13.9. The highest BCUT2D eigenvalue weighted by atomic mass is 35.5. The fraction of sp³-hybridized carbons (Fsp3) is 0.133. The van der Waals surface area contributed by atoms with Gasteiger partial charge in [0, 0.05) is 16.3 Å². The smallest absolute Gasteiger partial charge is 0.333 e. The molecule has 21 heavy (non-hydrogen) atoms. The molecule has 3 nitrogen and oxygen atoms in total. The average Bonchev–Trinajstić information content (AvgIpc) is 2.49. The van der Waals surface area contributed by atoms with Crippen LogP contribution in [0.15, 0.2) is 42.5 Å². The lowest BCUT2D eigenvalue weighted by Gasteiger charge is -2.18. The van der Waals surface area contributed by atoms with Crippen LogP contribution in [0, 0.1) is 11.6 Å². The van der Waals surface area contributed by atoms with E-state index in [1.165, 1.54) is 19.2 Å². The Kier molecular flexibility index (Phi) is 4.75. The molecule has 0 bridgehead atoms. The molecular weight excluding hydrogens is 300 g/mol. The van der Waals surface area contributed by atoms with Crippen molar-refractivity contribution >= 4 is 23.3 Å². The van der Waals surface area contributed by atoms with Crippen LogP contribution in [0.3, 0.4) is 0 Å². The summed E-state index contributed by atoms with van der Waals surface area (Å²) in [5.41, 5.74) is 0.398. The summed E-state index contributed by atoms with van der Waals surface area (Å²) in [6.07, 6.45) is 0. The van der Waals surface area contributed by atoms with Gasteiger partial charge < -0.3 is 10.1 Å². The van der Waals surface area contributed by atoms with Crippen molar-refractivity contribution < 1.29 is 18.3 Å². The van der Waals surface area contributed by atoms with E-state index in [1.807, 2.05) is 0 Å². The molecule has 110 valence electrons. The van der Waals surface area contributed by atoms with Gasteiger partial charge in [0.2, 0.25) is 0 Å². The predicted molar refractivity (Wildman–Crippen MR) is 76.2 cm³/mol. The number of nitrogens with one attached hydrogen (secondary N) is 1. The monoisotopic (exact) mass is 311 g/mol. The first-order chi connectivity index (χ1) is 10.0. The van der Waals surface area contributed by atoms with Crippen LogP contribution >= 0.6 is 11.6 Å². The van der Waals surface area contributed by atoms with E-state index in [-0.39, 0.29) is 5.56 Å². The zero-order valence-corrected chi connectivity index (χ0v) is 11.8. The number of hydrogen-bond acceptors (Lipinski definition) is 3. The van der Waals surface area contributed by atoms with Crippen molar-refractivity contribution in [2.45, 2.75) is 6.04 Å². The highest BCUT2D eigenvalue weighted by Crippen LogP contribution is 2.25. The van der Waals surface area contributed by atoms with Gasteiger partial charge >= 0.3 is 5.97 Å². The standard InChI is InChI=1S/C15H12ClF2NO2/c1-21-15(20)14(11-3-2-4-12(17)13(11)18)19-10-7-5-9(16)6-8-10/h2-8,14,19H,1H3. The molecule has 0 aliphatic rings. The third kappa shape index (κ3) is 3.49. The van der Waals surface area contributed by atoms with Gasteiger partial charge in [-0.05, 0) is 30.3 Å². The first kappa shape index (κ1) is 15.3. The zero-order valence-electron chi connectivity index (χ0n) is 11.1. The second-order valence-electron chi connectivity index (χ2n) is 4.25. The van der Waals surface area contributed by atoms with Crippen LogP contribution in [0.5, 0.6) is 0 Å². The summed E-state index contributed by atoms with van der Waals surface area (Å²) in [5.74, 6) is -2.84. The van der Waals surface area contributed by atoms with Gasteiger partial charge in [0.1, 0.15) is 0 Å². The van der Waals surface area contributed by atoms with Crippen molar-refractivity contribution in [2.24, 2.45) is 0 Å². The van der Waals surface area contributed by atoms with Crippen LogP contribution in [0.25, 0.3) is 0 Å². The van der Waals surface area contributed by atoms with E-state index >= 15 is 0 Å². The lowest BCUT2D eigenvalue weighted by molar-refractivity contribution is -0.141. The number of rotatable bonds is 4. The van der Waals surface area contributed by atoms with E-state index < -0.39 is 23.6 Å². The maximum Gasteiger partial charge on any atom is 0.333 e. The Bertz CT molecular complexity index is 647. The average molecular weight is 312 g/mol. The van der Waals surface area contributed by atoms with Crippen LogP contribution in [0.1, 0.15) is 11.6 Å². The van der Waals surface area contributed by atoms with Crippen molar-refractivity contribution in [2.75, 3.05) is 12.4 Å². The van der Waals surface area contributed by atoms with E-state index in [2.05, 4.69) is 10.1 Å². The number of carbonyl (C=O) groups excluding carboxylic acids is 1. The number of benzene rings is 2. The molecule has 1 atom stereocenters. The largest absolute Gasteiger partial charge is 0.467 e. The molecule has 0 fully saturated rings. The van der Waals surface area contributed by atoms with Crippen LogP contribution in [0.2, 0.25) is 5.02 Å². The van der Waals surface area contributed by atoms with Crippen molar-refractivity contribution in [1.82, 2.24) is 0 Å². The second kappa shape index (κ2) is 6.54. The Labute approximate surface area is 125 Å². The Hall–Kier alpha value is -2.14. The Balaban J connectivity index is 2.37. The molecule has 0 aliphatic carbocycles. The highest BCUT2D eigenvalue weighted by Gasteiger charge is 2.25. The van der Waals surface area contributed by atoms with E-state index in [0.717, 1.165) is 6.07 Å². The number of hydrogen-bond donors (Lipinski definition) is 1. The van der Waals surface area contributed by atoms with Gasteiger partial charge in [-0.2, -0.15) is 0 Å². The third-order valence-electron chi connectivity index (χ3n) is 2.88. The molecule has 0 saturated heterocycles. The Morgan fingerprint density at radius 3 is 2.48 bits per heavy atom. The molecular formula is C15H12ClF2NO2. The lowest BCUT2D eigenvalue weighted by atomic mass is 10.1. The fourth-order valence-corrected chi connectivity index (χ4v) is 1.96. The molecule has 0 spiro atoms. The zero-order chi connectivity index (χ0) is 15.4. The minimum Gasteiger partial charge on any atom is -0.467 e. The fourth-order valence-electron chi connectivity index (χ4n) is 1.84. The molecule has 6 heteroatoms. The molecule has 0 amide bonds. The molecule has 1 unspecified atom stereocenters. The lowest BCUT2D eigenvalue weighted by Crippen LogP contribution is -2.23. The van der Waals surface area contributed by atoms with Gasteiger partial charge in [-0.3, -0.25) is 0 Å². The summed E-state index contributed by atoms with van der Waals surface area (Å²) < 4.78 is 31.8. The number of carbonyl (C=O) groups is 1. The maximum atomic E-state index is 13.9. The second-order valence-corrected chi connectivity index (χ2v) is 4.69. The first-order valence-corrected chi connectivity index (χ1v) is 6.44. The van der Waals surface area contributed by atoms with Crippen LogP contribution < -0.4 is 5.32 Å². The highest BCUT2D eigenvalue weighted by molar-refractivity contribution is 6.30. The molecule has 0 heterocycles. The minimum atomic E-state index is -1.16. The molecule has 0 aliphatic heterocycles. The third-order valence-corrected chi connectivity index (χ3v) is 3.14. The summed E-state index contributed by atoms with van der Waals surface area (Å²) >= 11 is 5.77. The number of ether oxygens (including phenoxy) is 1. The van der Waals surface area contributed by atoms with E-state index in [0.29, 0.717) is 10.7 Å². The summed E-state index contributed by atoms with van der Waals surface area (Å²) in [4.78, 5) is 11.8. The first-order valence-electron chi connectivity index (χ1n) is 6.06. The topological polar surface area (TPSA) is 38.3 Å². The van der Waals surface area contributed by atoms with Gasteiger partial charge in [0.15, 0.2) is 17.7 Å². The van der Waals surface area contributed by atoms with E-state index in [1.54, 1.807) is 24.3 Å². The van der Waals surface area contributed by atoms with Crippen molar-refractivity contribution in [3.8, 4) is 0 Å². The number of halogens is 3. The van der Waals surface area contributed by atoms with Gasteiger partial charge in [-0.1, -0.05) is 23.7 Å². The summed E-state index contributed by atoms with van der Waals surface area (Å²) in [7, 11) is 1.18. The summed E-state index contributed by atoms with van der Waals surface area (Å²) in [6.45, 7) is 0. The Morgan fingerprint density at radius 2 is 1.86 bits per heavy atom. The molecule has 2 rings (SSSR count). The summed E-state index contributed by atoms with van der Waals surface area (Å²) in [6, 6.07) is 8.93. The molecule has 2 aromatic carbocycles. The van der Waals surface area contributed by atoms with Gasteiger partial charge in [-0.15, -0.1) is 0 Å². The molecule has 0 radical (unpaired) electrons. The van der Waals surface area contributed by atoms with Gasteiger partial charge in [-0.25, -0.2) is 13.6 Å². The Morgan fingerprint density at radius 1 is 1.19 bits per heavy atom. The normalized spacial score (nSPS) is 11.8. The SMILES string of the molecule is COC(=O)C(Nc1ccc(Cl)cc1)c1cccc(F)c1F. The molecule has 0 saturated carbocycles. The van der Waals surface area contributed by atoms with Gasteiger partial charge in [0.25, 0.3) is 0 Å². The van der Waals surface area contributed by atoms with Crippen LogP contribution in [-0.4, -0.2) is 13.1 Å². The molecule has 2 aromatic rings. The number of methoxy groups -OCH3 is 1. The van der Waals surface area contributed by atoms with E-state index in [4.69, 9.17) is 11.6 Å². The van der Waals surface area contributed by atoms with Crippen LogP contribution in [0.4, 0.5) is 14.5 Å². The van der Waals surface area contributed by atoms with Gasteiger partial charge in [0.05, 0.1) is 7.11 Å². The summed E-state index contributed by atoms with van der Waals surface area (Å²) in [5, 5.41) is 3.32. The molecule has 1 N–H and O–H groups in total. The van der Waals surface area contributed by atoms with Crippen molar-refractivity contribution in [1.29, 1.82) is 0 Å².